The van der Waals surface area contributed by atoms with Gasteiger partial charge in [0.15, 0.2) is 0 Å². The third kappa shape index (κ3) is 3.78. The minimum atomic E-state index is -3.78. The maximum absolute atomic E-state index is 13.3. The van der Waals surface area contributed by atoms with E-state index < -0.39 is 12.2 Å². The lowest BCUT2D eigenvalue weighted by Gasteiger charge is -2.15. The van der Waals surface area contributed by atoms with E-state index in [2.05, 4.69) is 29.7 Å². The number of imidazole rings is 1. The van der Waals surface area contributed by atoms with Gasteiger partial charge in [-0.2, -0.15) is 0 Å². The number of ether oxygens (including phenoxy) is 2. The molecule has 28 heavy (non-hydrogen) atoms. The molecule has 0 saturated carbocycles. The first-order valence-electron chi connectivity index (χ1n) is 7.88. The molecule has 3 aromatic heterocycles. The monoisotopic (exact) mass is 406 g/mol. The minimum absolute atomic E-state index is 0.0965. The summed E-state index contributed by atoms with van der Waals surface area (Å²) in [5.41, 5.74) is 1.62. The molecule has 0 fully saturated rings. The number of nitrogens with one attached hydrogen (secondary N) is 2. The van der Waals surface area contributed by atoms with Crippen molar-refractivity contribution in [1.82, 2.24) is 15.0 Å². The van der Waals surface area contributed by atoms with Gasteiger partial charge in [-0.1, -0.05) is 0 Å². The normalized spacial score (nSPS) is 18.3. The fourth-order valence-electron chi connectivity index (χ4n) is 2.39. The highest BCUT2D eigenvalue weighted by molar-refractivity contribution is 7.13. The van der Waals surface area contributed by atoms with Gasteiger partial charge in [0, 0.05) is 23.1 Å². The zero-order valence-corrected chi connectivity index (χ0v) is 15.0. The van der Waals surface area contributed by atoms with E-state index in [1.807, 2.05) is 0 Å². The van der Waals surface area contributed by atoms with E-state index in [0.717, 1.165) is 11.8 Å². The minimum Gasteiger partial charge on any atom is -0.472 e. The number of aromatic amines is 1. The predicted octanol–water partition coefficient (Wildman–Crippen LogP) is 4.31. The van der Waals surface area contributed by atoms with Gasteiger partial charge in [-0.25, -0.2) is 9.97 Å². The van der Waals surface area contributed by atoms with Crippen molar-refractivity contribution in [2.45, 2.75) is 13.2 Å². The first-order chi connectivity index (χ1) is 13.4. The maximum Gasteiger partial charge on any atom is 0.585 e. The van der Waals surface area contributed by atoms with Crippen molar-refractivity contribution in [3.63, 3.8) is 0 Å². The van der Waals surface area contributed by atoms with E-state index >= 15 is 0 Å². The summed E-state index contributed by atoms with van der Waals surface area (Å²) in [6, 6.07) is 1.74. The van der Waals surface area contributed by atoms with Crippen LogP contribution >= 0.6 is 11.3 Å². The number of anilines is 1. The summed E-state index contributed by atoms with van der Waals surface area (Å²) < 4.78 is 40.3. The Morgan fingerprint density at radius 3 is 3.00 bits per heavy atom. The molecule has 1 aliphatic rings. The van der Waals surface area contributed by atoms with Crippen LogP contribution in [0.2, 0.25) is 0 Å². The first kappa shape index (κ1) is 17.9. The third-order valence-electron chi connectivity index (χ3n) is 3.56. The van der Waals surface area contributed by atoms with Crippen LogP contribution in [0.3, 0.4) is 0 Å². The lowest BCUT2D eigenvalue weighted by Crippen LogP contribution is -2.21. The fraction of sp³-hybridized carbons (Fsp3) is 0.118. The van der Waals surface area contributed by atoms with Crippen molar-refractivity contribution in [1.29, 1.82) is 0 Å². The molecule has 0 saturated heterocycles. The number of carbonyl (C=O) groups is 1. The summed E-state index contributed by atoms with van der Waals surface area (Å²) in [5, 5.41) is 4.83. The predicted molar refractivity (Wildman–Crippen MR) is 96.2 cm³/mol. The van der Waals surface area contributed by atoms with Gasteiger partial charge in [0.25, 0.3) is 5.91 Å². The molecule has 1 aliphatic heterocycles. The molecule has 0 unspecified atom stereocenters. The van der Waals surface area contributed by atoms with Gasteiger partial charge in [0.05, 0.1) is 23.9 Å². The third-order valence-corrected chi connectivity index (χ3v) is 4.45. The highest BCUT2D eigenvalue weighted by atomic mass is 32.1. The number of aromatic nitrogens is 3. The molecule has 11 heteroatoms. The van der Waals surface area contributed by atoms with Crippen LogP contribution in [0.25, 0.3) is 22.7 Å². The Hall–Kier alpha value is -3.47. The molecule has 4 rings (SSSR count). The molecule has 4 heterocycles. The van der Waals surface area contributed by atoms with E-state index in [4.69, 9.17) is 4.42 Å². The van der Waals surface area contributed by atoms with Crippen LogP contribution in [0.15, 0.2) is 40.4 Å². The highest BCUT2D eigenvalue weighted by Gasteiger charge is 2.34. The van der Waals surface area contributed by atoms with Crippen LogP contribution in [-0.2, 0) is 9.47 Å². The number of hydrogen-bond donors (Lipinski definition) is 2. The Morgan fingerprint density at radius 2 is 2.21 bits per heavy atom. The molecule has 0 spiro atoms. The number of H-pyrrole nitrogens is 1. The second-order valence-corrected chi connectivity index (χ2v) is 6.49. The molecule has 3 aromatic rings. The van der Waals surface area contributed by atoms with Crippen LogP contribution in [0.4, 0.5) is 14.7 Å². The van der Waals surface area contributed by atoms with Crippen molar-refractivity contribution in [2.24, 2.45) is 0 Å². The second-order valence-electron chi connectivity index (χ2n) is 5.63. The fourth-order valence-corrected chi connectivity index (χ4v) is 3.17. The summed E-state index contributed by atoms with van der Waals surface area (Å²) in [4.78, 5) is 23.7. The van der Waals surface area contributed by atoms with Gasteiger partial charge in [0.2, 0.25) is 5.95 Å². The molecule has 0 aliphatic carbocycles. The maximum atomic E-state index is 13.3. The molecule has 144 valence electrons. The lowest BCUT2D eigenvalue weighted by atomic mass is 10.3. The molecule has 2 N–H and O–H groups in total. The Kier molecular flexibility index (Phi) is 4.43. The number of rotatable bonds is 3. The van der Waals surface area contributed by atoms with Gasteiger partial charge >= 0.3 is 6.29 Å². The smallest absolute Gasteiger partial charge is 0.472 e. The number of fused-ring (bicyclic) bond motifs is 1. The molecule has 0 radical (unpaired) electrons. The number of nitrogens with zero attached hydrogens (tertiary/aromatic N) is 2. The standard InChI is InChI=1S/C17H12F2N4O4S/c1-9-6-12-11(3-5-26-17(18,19)27-9)21-16(22-12)23-14(24)13-8-28-15(20-13)10-2-4-25-7-10/h2-8H,1H3,(H2,21,22,23,24)/b5-3+,9-6+. The molecule has 0 bridgehead atoms. The van der Waals surface area contributed by atoms with Crippen LogP contribution < -0.4 is 5.32 Å². The van der Waals surface area contributed by atoms with Crippen LogP contribution in [0.5, 0.6) is 0 Å². The van der Waals surface area contributed by atoms with Crippen molar-refractivity contribution in [3.05, 3.63) is 53.1 Å². The molecule has 0 aromatic carbocycles. The van der Waals surface area contributed by atoms with E-state index in [1.165, 1.54) is 42.9 Å². The van der Waals surface area contributed by atoms with E-state index in [1.54, 1.807) is 11.4 Å². The topological polar surface area (TPSA) is 102 Å². The largest absolute Gasteiger partial charge is 0.585 e. The highest BCUT2D eigenvalue weighted by Crippen LogP contribution is 2.27. The molecular formula is C17H12F2N4O4S. The number of halogens is 2. The Labute approximate surface area is 160 Å². The lowest BCUT2D eigenvalue weighted by molar-refractivity contribution is -0.355. The Bertz CT molecular complexity index is 1070. The van der Waals surface area contributed by atoms with Gasteiger partial charge in [0.1, 0.15) is 22.7 Å². The quantitative estimate of drug-likeness (QED) is 0.672. The van der Waals surface area contributed by atoms with Crippen molar-refractivity contribution < 1.29 is 27.5 Å². The average molecular weight is 406 g/mol. The van der Waals surface area contributed by atoms with E-state index in [-0.39, 0.29) is 23.1 Å². The molecule has 0 atom stereocenters. The number of alkyl halides is 2. The molecular weight excluding hydrogens is 394 g/mol. The number of hydrogen-bond acceptors (Lipinski definition) is 7. The van der Waals surface area contributed by atoms with Crippen molar-refractivity contribution >= 4 is 35.3 Å². The average Bonchev–Trinajstić information content (AvgIpc) is 3.34. The van der Waals surface area contributed by atoms with Crippen LogP contribution in [-0.4, -0.2) is 27.2 Å². The summed E-state index contributed by atoms with van der Waals surface area (Å²) >= 11 is 1.29. The van der Waals surface area contributed by atoms with Crippen molar-refractivity contribution in [2.75, 3.05) is 5.32 Å². The molecule has 1 amide bonds. The van der Waals surface area contributed by atoms with Gasteiger partial charge in [-0.05, 0) is 13.0 Å². The van der Waals surface area contributed by atoms with E-state index in [9.17, 15) is 13.6 Å². The van der Waals surface area contributed by atoms with Gasteiger partial charge in [-0.3, -0.25) is 10.1 Å². The summed E-state index contributed by atoms with van der Waals surface area (Å²) in [5.74, 6) is -0.455. The summed E-state index contributed by atoms with van der Waals surface area (Å²) in [6.07, 6.45) is 2.59. The number of allylic oxidation sites excluding steroid dienone is 1. The SMILES string of the molecule is C/C1=C\c2[nH]c(NC(=O)c3csc(-c4ccoc4)n3)nc2/C=C/OC(F)(F)O1. The zero-order valence-electron chi connectivity index (χ0n) is 14.2. The van der Waals surface area contributed by atoms with Crippen molar-refractivity contribution in [3.8, 4) is 10.6 Å². The van der Waals surface area contributed by atoms with Crippen LogP contribution in [0.1, 0.15) is 28.8 Å². The number of carbonyl (C=O) groups excluding carboxylic acids is 1. The number of amides is 1. The number of furan rings is 1. The summed E-state index contributed by atoms with van der Waals surface area (Å²) in [7, 11) is 0. The Morgan fingerprint density at radius 1 is 1.36 bits per heavy atom. The first-order valence-corrected chi connectivity index (χ1v) is 8.76. The zero-order chi connectivity index (χ0) is 19.7. The van der Waals surface area contributed by atoms with Crippen LogP contribution in [0, 0.1) is 0 Å². The Balaban J connectivity index is 1.54. The molecule has 8 nitrogen and oxygen atoms in total. The summed E-state index contributed by atoms with van der Waals surface area (Å²) in [6.45, 7) is 1.35. The van der Waals surface area contributed by atoms with Gasteiger partial charge < -0.3 is 18.9 Å². The number of thiazole rings is 1. The second kappa shape index (κ2) is 6.93. The van der Waals surface area contributed by atoms with Gasteiger partial charge in [-0.15, -0.1) is 20.1 Å². The van der Waals surface area contributed by atoms with E-state index in [0.29, 0.717) is 10.7 Å².